The first-order valence-corrected chi connectivity index (χ1v) is 7.08. The zero-order valence-corrected chi connectivity index (χ0v) is 13.2. The third-order valence-corrected chi connectivity index (χ3v) is 3.01. The SMILES string of the molecule is CCNc1cc(C(=O)N(CCOC)C(C)C)cc(Cl)n1. The number of carbonyl (C=O) groups is 1. The van der Waals surface area contributed by atoms with E-state index < -0.39 is 0 Å². The topological polar surface area (TPSA) is 54.5 Å². The van der Waals surface area contributed by atoms with Gasteiger partial charge in [-0.15, -0.1) is 0 Å². The Hall–Kier alpha value is -1.33. The summed E-state index contributed by atoms with van der Waals surface area (Å²) >= 11 is 5.97. The highest BCUT2D eigenvalue weighted by Gasteiger charge is 2.19. The van der Waals surface area contributed by atoms with E-state index in [1.165, 1.54) is 0 Å². The van der Waals surface area contributed by atoms with Crippen LogP contribution in [-0.2, 0) is 4.74 Å². The molecule has 0 bridgehead atoms. The molecule has 1 aromatic heterocycles. The van der Waals surface area contributed by atoms with Crippen LogP contribution in [0.5, 0.6) is 0 Å². The molecule has 6 heteroatoms. The Morgan fingerprint density at radius 1 is 1.50 bits per heavy atom. The molecule has 0 aliphatic rings. The molecule has 20 heavy (non-hydrogen) atoms. The van der Waals surface area contributed by atoms with E-state index in [1.54, 1.807) is 24.1 Å². The highest BCUT2D eigenvalue weighted by molar-refractivity contribution is 6.29. The van der Waals surface area contributed by atoms with E-state index in [1.807, 2.05) is 20.8 Å². The molecule has 0 saturated heterocycles. The summed E-state index contributed by atoms with van der Waals surface area (Å²) < 4.78 is 5.05. The summed E-state index contributed by atoms with van der Waals surface area (Å²) in [6.07, 6.45) is 0. The number of nitrogens with one attached hydrogen (secondary N) is 1. The van der Waals surface area contributed by atoms with Gasteiger partial charge in [-0.1, -0.05) is 11.6 Å². The molecule has 0 aromatic carbocycles. The van der Waals surface area contributed by atoms with Gasteiger partial charge in [0.25, 0.3) is 5.91 Å². The lowest BCUT2D eigenvalue weighted by Crippen LogP contribution is -2.39. The van der Waals surface area contributed by atoms with Crippen LogP contribution in [0.25, 0.3) is 0 Å². The summed E-state index contributed by atoms with van der Waals surface area (Å²) in [7, 11) is 1.62. The first-order chi connectivity index (χ1) is 9.49. The molecule has 0 spiro atoms. The fourth-order valence-electron chi connectivity index (χ4n) is 1.84. The highest BCUT2D eigenvalue weighted by Crippen LogP contribution is 2.17. The van der Waals surface area contributed by atoms with Crippen LogP contribution in [0.15, 0.2) is 12.1 Å². The van der Waals surface area contributed by atoms with Crippen LogP contribution in [-0.4, -0.2) is 48.6 Å². The van der Waals surface area contributed by atoms with Gasteiger partial charge in [-0.05, 0) is 32.9 Å². The van der Waals surface area contributed by atoms with Crippen LogP contribution < -0.4 is 5.32 Å². The Kier molecular flexibility index (Phi) is 6.75. The van der Waals surface area contributed by atoms with Gasteiger partial charge in [0.1, 0.15) is 11.0 Å². The minimum absolute atomic E-state index is 0.0690. The third kappa shape index (κ3) is 4.65. The fourth-order valence-corrected chi connectivity index (χ4v) is 2.05. The second kappa shape index (κ2) is 8.07. The van der Waals surface area contributed by atoms with E-state index in [2.05, 4.69) is 10.3 Å². The number of aromatic nitrogens is 1. The van der Waals surface area contributed by atoms with Crippen LogP contribution in [0, 0.1) is 0 Å². The Morgan fingerprint density at radius 2 is 2.20 bits per heavy atom. The molecule has 1 heterocycles. The predicted molar refractivity (Wildman–Crippen MR) is 81.5 cm³/mol. The third-order valence-electron chi connectivity index (χ3n) is 2.82. The maximum Gasteiger partial charge on any atom is 0.254 e. The number of ether oxygens (including phenoxy) is 1. The molecule has 0 radical (unpaired) electrons. The molecule has 112 valence electrons. The summed E-state index contributed by atoms with van der Waals surface area (Å²) in [5, 5.41) is 3.37. The first kappa shape index (κ1) is 16.7. The molecule has 1 rings (SSSR count). The van der Waals surface area contributed by atoms with Gasteiger partial charge in [-0.3, -0.25) is 4.79 Å². The second-order valence-corrected chi connectivity index (χ2v) is 5.07. The van der Waals surface area contributed by atoms with Gasteiger partial charge in [0.2, 0.25) is 0 Å². The number of rotatable bonds is 7. The van der Waals surface area contributed by atoms with Gasteiger partial charge in [-0.2, -0.15) is 0 Å². The number of amides is 1. The number of halogens is 1. The number of anilines is 1. The summed E-state index contributed by atoms with van der Waals surface area (Å²) in [4.78, 5) is 18.4. The summed E-state index contributed by atoms with van der Waals surface area (Å²) in [6, 6.07) is 3.40. The van der Waals surface area contributed by atoms with Crippen molar-refractivity contribution in [2.75, 3.05) is 32.1 Å². The highest BCUT2D eigenvalue weighted by atomic mass is 35.5. The first-order valence-electron chi connectivity index (χ1n) is 6.71. The zero-order valence-electron chi connectivity index (χ0n) is 12.4. The van der Waals surface area contributed by atoms with Crippen LogP contribution in [0.2, 0.25) is 5.15 Å². The number of hydrogen-bond donors (Lipinski definition) is 1. The number of carbonyl (C=O) groups excluding carboxylic acids is 1. The number of hydrogen-bond acceptors (Lipinski definition) is 4. The Morgan fingerprint density at radius 3 is 2.75 bits per heavy atom. The average Bonchev–Trinajstić information content (AvgIpc) is 2.38. The van der Waals surface area contributed by atoms with Gasteiger partial charge in [0.15, 0.2) is 0 Å². The Balaban J connectivity index is 2.98. The molecule has 1 N–H and O–H groups in total. The molecule has 0 fully saturated rings. The number of nitrogens with zero attached hydrogens (tertiary/aromatic N) is 2. The van der Waals surface area contributed by atoms with Crippen molar-refractivity contribution in [2.45, 2.75) is 26.8 Å². The summed E-state index contributed by atoms with van der Waals surface area (Å²) in [6.45, 7) is 7.68. The molecule has 1 aromatic rings. The van der Waals surface area contributed by atoms with Crippen molar-refractivity contribution in [1.82, 2.24) is 9.88 Å². The van der Waals surface area contributed by atoms with E-state index in [0.717, 1.165) is 6.54 Å². The lowest BCUT2D eigenvalue weighted by Gasteiger charge is -2.26. The number of methoxy groups -OCH3 is 1. The van der Waals surface area contributed by atoms with Crippen molar-refractivity contribution in [3.63, 3.8) is 0 Å². The van der Waals surface area contributed by atoms with Crippen molar-refractivity contribution in [1.29, 1.82) is 0 Å². The molecular weight excluding hydrogens is 278 g/mol. The van der Waals surface area contributed by atoms with Crippen molar-refractivity contribution in [3.05, 3.63) is 22.8 Å². The lowest BCUT2D eigenvalue weighted by molar-refractivity contribution is 0.0635. The van der Waals surface area contributed by atoms with Crippen molar-refractivity contribution in [2.24, 2.45) is 0 Å². The maximum absolute atomic E-state index is 12.6. The van der Waals surface area contributed by atoms with Crippen LogP contribution >= 0.6 is 11.6 Å². The number of pyridine rings is 1. The Labute approximate surface area is 125 Å². The fraction of sp³-hybridized carbons (Fsp3) is 0.571. The van der Waals surface area contributed by atoms with Crippen molar-refractivity contribution < 1.29 is 9.53 Å². The van der Waals surface area contributed by atoms with Gasteiger partial charge < -0.3 is 15.0 Å². The smallest absolute Gasteiger partial charge is 0.254 e. The van der Waals surface area contributed by atoms with Crippen LogP contribution in [0.1, 0.15) is 31.1 Å². The van der Waals surface area contributed by atoms with Crippen LogP contribution in [0.3, 0.4) is 0 Å². The largest absolute Gasteiger partial charge is 0.383 e. The van der Waals surface area contributed by atoms with Crippen molar-refractivity contribution in [3.8, 4) is 0 Å². The normalized spacial score (nSPS) is 10.7. The molecule has 1 amide bonds. The minimum Gasteiger partial charge on any atom is -0.383 e. The van der Waals surface area contributed by atoms with Crippen molar-refractivity contribution >= 4 is 23.3 Å². The quantitative estimate of drug-likeness (QED) is 0.787. The molecule has 5 nitrogen and oxygen atoms in total. The van der Waals surface area contributed by atoms with Gasteiger partial charge in [-0.25, -0.2) is 4.98 Å². The Bertz CT molecular complexity index is 452. The van der Waals surface area contributed by atoms with E-state index in [4.69, 9.17) is 16.3 Å². The summed E-state index contributed by atoms with van der Waals surface area (Å²) in [5.41, 5.74) is 0.533. The van der Waals surface area contributed by atoms with Gasteiger partial charge in [0.05, 0.1) is 6.61 Å². The van der Waals surface area contributed by atoms with E-state index in [9.17, 15) is 4.79 Å². The van der Waals surface area contributed by atoms with Crippen LogP contribution in [0.4, 0.5) is 5.82 Å². The van der Waals surface area contributed by atoms with Gasteiger partial charge in [0, 0.05) is 31.8 Å². The zero-order chi connectivity index (χ0) is 15.1. The maximum atomic E-state index is 12.6. The molecule has 0 aliphatic carbocycles. The molecule has 0 aliphatic heterocycles. The van der Waals surface area contributed by atoms with E-state index >= 15 is 0 Å². The molecule has 0 saturated carbocycles. The molecule has 0 atom stereocenters. The summed E-state index contributed by atoms with van der Waals surface area (Å²) in [5.74, 6) is 0.541. The lowest BCUT2D eigenvalue weighted by atomic mass is 10.2. The monoisotopic (exact) mass is 299 g/mol. The second-order valence-electron chi connectivity index (χ2n) is 4.68. The van der Waals surface area contributed by atoms with E-state index in [0.29, 0.717) is 29.7 Å². The molecular formula is C14H22ClN3O2. The molecule has 0 unspecified atom stereocenters. The predicted octanol–water partition coefficient (Wildman–Crippen LogP) is 2.66. The van der Waals surface area contributed by atoms with E-state index in [-0.39, 0.29) is 11.9 Å². The standard InChI is InChI=1S/C14H22ClN3O2/c1-5-16-13-9-11(8-12(15)17-13)14(19)18(10(2)3)6-7-20-4/h8-10H,5-7H2,1-4H3,(H,16,17). The van der Waals surface area contributed by atoms with Gasteiger partial charge >= 0.3 is 0 Å². The average molecular weight is 300 g/mol. The minimum atomic E-state index is -0.0690.